The summed E-state index contributed by atoms with van der Waals surface area (Å²) in [6.45, 7) is 8.39. The van der Waals surface area contributed by atoms with Gasteiger partial charge in [-0.25, -0.2) is 9.00 Å². The summed E-state index contributed by atoms with van der Waals surface area (Å²) >= 11 is -2.34. The van der Waals surface area contributed by atoms with E-state index in [9.17, 15) is 23.7 Å². The first kappa shape index (κ1) is 27.2. The molecule has 0 spiro atoms. The molecular weight excluding hydrogens is 474 g/mol. The number of hydrogen-bond donors (Lipinski definition) is 2. The lowest BCUT2D eigenvalue weighted by Gasteiger charge is -2.36. The van der Waals surface area contributed by atoms with Crippen LogP contribution in [0.1, 0.15) is 52.9 Å². The van der Waals surface area contributed by atoms with E-state index in [0.717, 1.165) is 25.7 Å². The number of ether oxygens (including phenoxy) is 1. The van der Waals surface area contributed by atoms with Gasteiger partial charge >= 0.3 is 6.09 Å². The maximum atomic E-state index is 12.2. The molecule has 1 atom stereocenters. The first-order chi connectivity index (χ1) is 16.5. The van der Waals surface area contributed by atoms with E-state index in [4.69, 9.17) is 4.74 Å². The zero-order valence-electron chi connectivity index (χ0n) is 20.8. The van der Waals surface area contributed by atoms with Gasteiger partial charge in [0.25, 0.3) is 17.0 Å². The monoisotopic (exact) mass is 511 g/mol. The van der Waals surface area contributed by atoms with Gasteiger partial charge in [-0.3, -0.25) is 23.9 Å². The van der Waals surface area contributed by atoms with Crippen LogP contribution in [-0.4, -0.2) is 80.5 Å². The molecule has 3 rings (SSSR count). The third-order valence-electron chi connectivity index (χ3n) is 6.26. The highest BCUT2D eigenvalue weighted by Gasteiger charge is 2.27. The Morgan fingerprint density at radius 3 is 2.46 bits per heavy atom. The van der Waals surface area contributed by atoms with Gasteiger partial charge in [-0.05, 0) is 45.7 Å². The number of carbonyl (C=O) groups excluding carboxylic acids is 1. The number of anilines is 2. The molecule has 1 heterocycles. The number of nitrogens with zero attached hydrogens (tertiary/aromatic N) is 4. The Morgan fingerprint density at radius 1 is 1.23 bits per heavy atom. The number of carbonyl (C=O) groups is 1. The summed E-state index contributed by atoms with van der Waals surface area (Å²) in [4.78, 5) is 27.3. The van der Waals surface area contributed by atoms with Crippen LogP contribution in [0.4, 0.5) is 21.9 Å². The van der Waals surface area contributed by atoms with Crippen LogP contribution in [0.15, 0.2) is 18.2 Å². The summed E-state index contributed by atoms with van der Waals surface area (Å²) in [5.74, 6) is 0. The van der Waals surface area contributed by atoms with Crippen LogP contribution in [0.25, 0.3) is 0 Å². The standard InChI is InChI=1S/C23H37N5O6S/c1-23(2,3)34-22(29)26-14-11-25(12-15-26)13-16-27(35(32)33)19-9-10-20(21(17-19)28(30)31)24-18-7-5-4-6-8-18/h9-10,17-18,24H,4-8,11-16H2,1-3H3,(H,32,33). The van der Waals surface area contributed by atoms with E-state index in [2.05, 4.69) is 10.2 Å². The van der Waals surface area contributed by atoms with Crippen molar-refractivity contribution in [1.82, 2.24) is 9.80 Å². The van der Waals surface area contributed by atoms with Crippen molar-refractivity contribution in [3.05, 3.63) is 28.3 Å². The van der Waals surface area contributed by atoms with Crippen molar-refractivity contribution < 1.29 is 23.2 Å². The number of nitro benzene ring substituents is 1. The minimum absolute atomic E-state index is 0.102. The third-order valence-corrected chi connectivity index (χ3v) is 7.03. The lowest BCUT2D eigenvalue weighted by Crippen LogP contribution is -2.51. The highest BCUT2D eigenvalue weighted by Crippen LogP contribution is 2.32. The van der Waals surface area contributed by atoms with Gasteiger partial charge in [0.2, 0.25) is 0 Å². The number of nitro groups is 1. The van der Waals surface area contributed by atoms with Gasteiger partial charge in [0.15, 0.2) is 0 Å². The zero-order chi connectivity index (χ0) is 25.6. The average Bonchev–Trinajstić information content (AvgIpc) is 2.79. The zero-order valence-corrected chi connectivity index (χ0v) is 21.6. The van der Waals surface area contributed by atoms with E-state index in [0.29, 0.717) is 44.1 Å². The molecule has 2 N–H and O–H groups in total. The highest BCUT2D eigenvalue weighted by molar-refractivity contribution is 7.80. The number of nitrogens with one attached hydrogen (secondary N) is 1. The molecule has 1 aliphatic heterocycles. The fourth-order valence-corrected chi connectivity index (χ4v) is 4.96. The van der Waals surface area contributed by atoms with Crippen molar-refractivity contribution in [3.63, 3.8) is 0 Å². The van der Waals surface area contributed by atoms with Crippen LogP contribution in [-0.2, 0) is 16.0 Å². The van der Waals surface area contributed by atoms with Crippen LogP contribution in [0.3, 0.4) is 0 Å². The van der Waals surface area contributed by atoms with Crippen molar-refractivity contribution in [1.29, 1.82) is 0 Å². The highest BCUT2D eigenvalue weighted by atomic mass is 32.2. The Labute approximate surface area is 209 Å². The SMILES string of the molecule is CC(C)(C)OC(=O)N1CCN(CCN(c2ccc(NC3CCCCC3)c([N+](=O)[O-])c2)S(=O)O)CC1. The third kappa shape index (κ3) is 8.04. The van der Waals surface area contributed by atoms with Crippen molar-refractivity contribution in [2.45, 2.75) is 64.5 Å². The van der Waals surface area contributed by atoms with Crippen LogP contribution in [0.5, 0.6) is 0 Å². The lowest BCUT2D eigenvalue weighted by molar-refractivity contribution is -0.383. The molecular formula is C23H37N5O6S. The fourth-order valence-electron chi connectivity index (χ4n) is 4.43. The molecule has 2 fully saturated rings. The van der Waals surface area contributed by atoms with E-state index in [-0.39, 0.29) is 24.4 Å². The van der Waals surface area contributed by atoms with Crippen LogP contribution in [0.2, 0.25) is 0 Å². The van der Waals surface area contributed by atoms with Gasteiger partial charge in [-0.2, -0.15) is 0 Å². The molecule has 0 radical (unpaired) electrons. The second-order valence-electron chi connectivity index (χ2n) is 10.1. The molecule has 1 amide bonds. The molecule has 1 aromatic carbocycles. The predicted molar refractivity (Wildman–Crippen MR) is 136 cm³/mol. The molecule has 0 bridgehead atoms. The van der Waals surface area contributed by atoms with Crippen LogP contribution in [0, 0.1) is 10.1 Å². The number of rotatable bonds is 8. The molecule has 35 heavy (non-hydrogen) atoms. The van der Waals surface area contributed by atoms with E-state index in [1.165, 1.54) is 16.8 Å². The second-order valence-corrected chi connectivity index (χ2v) is 11.0. The van der Waals surface area contributed by atoms with Crippen molar-refractivity contribution >= 4 is 34.4 Å². The minimum atomic E-state index is -2.34. The van der Waals surface area contributed by atoms with Crippen molar-refractivity contribution in [2.75, 3.05) is 48.9 Å². The molecule has 1 saturated heterocycles. The molecule has 2 aliphatic rings. The molecule has 1 unspecified atom stereocenters. The van der Waals surface area contributed by atoms with Gasteiger partial charge < -0.3 is 15.0 Å². The summed E-state index contributed by atoms with van der Waals surface area (Å²) in [5, 5.41) is 15.0. The second kappa shape index (κ2) is 12.0. The quantitative estimate of drug-likeness (QED) is 0.306. The maximum Gasteiger partial charge on any atom is 0.410 e. The van der Waals surface area contributed by atoms with E-state index in [1.807, 2.05) is 20.8 Å². The van der Waals surface area contributed by atoms with Gasteiger partial charge in [-0.15, -0.1) is 0 Å². The maximum absolute atomic E-state index is 12.2. The topological polar surface area (TPSA) is 128 Å². The van der Waals surface area contributed by atoms with Crippen molar-refractivity contribution in [2.24, 2.45) is 0 Å². The minimum Gasteiger partial charge on any atom is -0.444 e. The Balaban J connectivity index is 1.60. The average molecular weight is 512 g/mol. The number of hydrogen-bond acceptors (Lipinski definition) is 7. The van der Waals surface area contributed by atoms with Gasteiger partial charge in [0.1, 0.15) is 11.3 Å². The van der Waals surface area contributed by atoms with Gasteiger partial charge in [0.05, 0.1) is 10.6 Å². The van der Waals surface area contributed by atoms with Gasteiger partial charge in [0, 0.05) is 51.4 Å². The first-order valence-electron chi connectivity index (χ1n) is 12.2. The summed E-state index contributed by atoms with van der Waals surface area (Å²) in [6.07, 6.45) is 5.01. The summed E-state index contributed by atoms with van der Waals surface area (Å²) in [6, 6.07) is 4.84. The van der Waals surface area contributed by atoms with Crippen LogP contribution >= 0.6 is 0 Å². The van der Waals surface area contributed by atoms with Crippen molar-refractivity contribution in [3.8, 4) is 0 Å². The molecule has 196 valence electrons. The van der Waals surface area contributed by atoms with E-state index >= 15 is 0 Å². The normalized spacial score (nSPS) is 18.7. The molecule has 1 aromatic rings. The molecule has 11 nitrogen and oxygen atoms in total. The molecule has 12 heteroatoms. The Kier molecular flexibility index (Phi) is 9.31. The number of amides is 1. The largest absolute Gasteiger partial charge is 0.444 e. The smallest absolute Gasteiger partial charge is 0.410 e. The summed E-state index contributed by atoms with van der Waals surface area (Å²) < 4.78 is 28.7. The molecule has 1 aliphatic carbocycles. The first-order valence-corrected chi connectivity index (χ1v) is 13.2. The van der Waals surface area contributed by atoms with E-state index < -0.39 is 21.8 Å². The summed E-state index contributed by atoms with van der Waals surface area (Å²) in [7, 11) is 0. The van der Waals surface area contributed by atoms with Crippen LogP contribution < -0.4 is 9.62 Å². The Hall–Kier alpha value is -2.44. The number of benzene rings is 1. The number of piperazine rings is 1. The molecule has 1 saturated carbocycles. The predicted octanol–water partition coefficient (Wildman–Crippen LogP) is 3.84. The Morgan fingerprint density at radius 2 is 1.89 bits per heavy atom. The lowest BCUT2D eigenvalue weighted by atomic mass is 9.95. The Bertz CT molecular complexity index is 910. The van der Waals surface area contributed by atoms with E-state index in [1.54, 1.807) is 17.0 Å². The summed E-state index contributed by atoms with van der Waals surface area (Å²) in [5.41, 5.74) is 0.102. The fraction of sp³-hybridized carbons (Fsp3) is 0.696. The molecule has 0 aromatic heterocycles. The van der Waals surface area contributed by atoms with Gasteiger partial charge in [-0.1, -0.05) is 19.3 Å².